The highest BCUT2D eigenvalue weighted by molar-refractivity contribution is 5.92. The Hall–Kier alpha value is -3.76. The number of benzene rings is 1. The summed E-state index contributed by atoms with van der Waals surface area (Å²) in [6, 6.07) is 5.62. The lowest BCUT2D eigenvalue weighted by atomic mass is 9.77. The molecule has 3 amide bonds. The molecular formula is C40H65N3O8. The van der Waals surface area contributed by atoms with Gasteiger partial charge in [-0.05, 0) is 72.8 Å². The van der Waals surface area contributed by atoms with E-state index < -0.39 is 18.0 Å². The van der Waals surface area contributed by atoms with E-state index in [0.29, 0.717) is 32.3 Å². The van der Waals surface area contributed by atoms with Crippen molar-refractivity contribution in [1.29, 1.82) is 0 Å². The zero-order chi connectivity index (χ0) is 38.8. The molecule has 51 heavy (non-hydrogen) atoms. The normalized spacial score (nSPS) is 13.0. The maximum atomic E-state index is 13.5. The third kappa shape index (κ3) is 21.3. The van der Waals surface area contributed by atoms with Gasteiger partial charge < -0.3 is 25.8 Å². The van der Waals surface area contributed by atoms with Crippen LogP contribution in [0.5, 0.6) is 0 Å². The average Bonchev–Trinajstić information content (AvgIpc) is 3.00. The van der Waals surface area contributed by atoms with Crippen molar-refractivity contribution in [1.82, 2.24) is 10.6 Å². The Kier molecular flexibility index (Phi) is 19.7. The van der Waals surface area contributed by atoms with Crippen LogP contribution in [0.3, 0.4) is 0 Å². The highest BCUT2D eigenvalue weighted by Crippen LogP contribution is 2.33. The second kappa shape index (κ2) is 22.2. The summed E-state index contributed by atoms with van der Waals surface area (Å²) >= 11 is 0. The first-order valence-electron chi connectivity index (χ1n) is 18.4. The fourth-order valence-electron chi connectivity index (χ4n) is 5.96. The molecule has 0 radical (unpaired) electrons. The minimum atomic E-state index is -0.821. The number of Topliss-reactive ketones (excluding diaryl/α,β-unsaturated/α-hetero) is 2. The first kappa shape index (κ1) is 45.3. The van der Waals surface area contributed by atoms with Crippen molar-refractivity contribution in [2.75, 3.05) is 13.2 Å². The second-order valence-corrected chi connectivity index (χ2v) is 16.5. The summed E-state index contributed by atoms with van der Waals surface area (Å²) in [5.41, 5.74) is 6.73. The molecular weight excluding hydrogens is 650 g/mol. The van der Waals surface area contributed by atoms with Gasteiger partial charge in [-0.1, -0.05) is 79.7 Å². The van der Waals surface area contributed by atoms with E-state index in [0.717, 1.165) is 30.4 Å². The van der Waals surface area contributed by atoms with E-state index in [-0.39, 0.29) is 84.5 Å². The molecule has 0 heterocycles. The van der Waals surface area contributed by atoms with Crippen LogP contribution < -0.4 is 16.4 Å². The summed E-state index contributed by atoms with van der Waals surface area (Å²) in [7, 11) is 0. The molecule has 0 saturated heterocycles. The molecule has 0 aliphatic heterocycles. The molecule has 11 nitrogen and oxygen atoms in total. The van der Waals surface area contributed by atoms with Gasteiger partial charge in [-0.3, -0.25) is 24.0 Å². The fourth-order valence-corrected chi connectivity index (χ4v) is 5.96. The first-order valence-corrected chi connectivity index (χ1v) is 18.4. The molecule has 1 rings (SSSR count). The van der Waals surface area contributed by atoms with Crippen molar-refractivity contribution in [3.8, 4) is 0 Å². The fraction of sp³-hybridized carbons (Fsp3) is 0.700. The van der Waals surface area contributed by atoms with Crippen molar-refractivity contribution < 1.29 is 38.2 Å². The topological polar surface area (TPSA) is 171 Å². The summed E-state index contributed by atoms with van der Waals surface area (Å²) in [4.78, 5) is 75.0. The maximum Gasteiger partial charge on any atom is 0.312 e. The molecule has 0 aliphatic rings. The number of carbonyl (C=O) groups is 6. The number of hydrogen-bond acceptors (Lipinski definition) is 8. The van der Waals surface area contributed by atoms with Gasteiger partial charge in [0.05, 0.1) is 18.6 Å². The lowest BCUT2D eigenvalue weighted by molar-refractivity contribution is -0.151. The van der Waals surface area contributed by atoms with Crippen molar-refractivity contribution in [2.24, 2.45) is 34.3 Å². The van der Waals surface area contributed by atoms with Crippen molar-refractivity contribution in [3.63, 3.8) is 0 Å². The van der Waals surface area contributed by atoms with Crippen LogP contribution in [0, 0.1) is 28.6 Å². The van der Waals surface area contributed by atoms with E-state index in [1.807, 2.05) is 13.8 Å². The Morgan fingerprint density at radius 1 is 0.804 bits per heavy atom. The number of hydrogen-bond donors (Lipinski definition) is 3. The van der Waals surface area contributed by atoms with Crippen LogP contribution >= 0.6 is 0 Å². The molecule has 0 saturated carbocycles. The van der Waals surface area contributed by atoms with Crippen molar-refractivity contribution in [2.45, 2.75) is 139 Å². The largest absolute Gasteiger partial charge is 0.465 e. The summed E-state index contributed by atoms with van der Waals surface area (Å²) in [6.45, 7) is 18.6. The van der Waals surface area contributed by atoms with Crippen molar-refractivity contribution >= 4 is 35.4 Å². The molecule has 11 heteroatoms. The monoisotopic (exact) mass is 715 g/mol. The molecule has 2 atom stereocenters. The minimum absolute atomic E-state index is 0.0160. The molecule has 1 aromatic carbocycles. The van der Waals surface area contributed by atoms with E-state index in [2.05, 4.69) is 52.2 Å². The average molecular weight is 716 g/mol. The number of ketones is 2. The zero-order valence-corrected chi connectivity index (χ0v) is 32.7. The smallest absolute Gasteiger partial charge is 0.312 e. The number of urea groups is 1. The number of nitrogens with one attached hydrogen (secondary N) is 2. The van der Waals surface area contributed by atoms with Gasteiger partial charge in [0, 0.05) is 38.6 Å². The molecule has 0 unspecified atom stereocenters. The van der Waals surface area contributed by atoms with E-state index in [1.165, 1.54) is 6.92 Å². The van der Waals surface area contributed by atoms with Crippen molar-refractivity contribution in [3.05, 3.63) is 35.4 Å². The van der Waals surface area contributed by atoms with Gasteiger partial charge in [0.2, 0.25) is 5.91 Å². The van der Waals surface area contributed by atoms with Crippen LogP contribution in [0.1, 0.15) is 131 Å². The van der Waals surface area contributed by atoms with Gasteiger partial charge in [0.1, 0.15) is 12.4 Å². The summed E-state index contributed by atoms with van der Waals surface area (Å²) in [5, 5.41) is 5.40. The highest BCUT2D eigenvalue weighted by Gasteiger charge is 2.31. The third-order valence-electron chi connectivity index (χ3n) is 8.50. The van der Waals surface area contributed by atoms with Gasteiger partial charge in [-0.15, -0.1) is 0 Å². The number of unbranched alkanes of at least 4 members (excludes halogenated alkanes) is 2. The summed E-state index contributed by atoms with van der Waals surface area (Å²) in [5.74, 6) is -2.03. The Morgan fingerprint density at radius 2 is 1.39 bits per heavy atom. The number of ether oxygens (including phenoxy) is 2. The molecule has 0 aliphatic carbocycles. The molecule has 4 N–H and O–H groups in total. The van der Waals surface area contributed by atoms with Gasteiger partial charge in [-0.2, -0.15) is 0 Å². The van der Waals surface area contributed by atoms with Gasteiger partial charge in [0.25, 0.3) is 0 Å². The standard InChI is InChI=1S/C40H65N3O8/c1-27(2)33(23-32(45)14-11-10-12-21-50-37(48)31(24-39(4,5)6)25-40(7,8)9)36(47)43-34(15-13-20-42-38(41)49)35(46)22-29-16-18-30(19-17-29)26-51-28(3)44/h16-19,27,31,33-34H,10-15,20-26H2,1-9H3,(H,43,47)(H3,41,42,49)/t33-,34-/m0/s1. The Bertz CT molecular complexity index is 1260. The molecule has 0 aromatic heterocycles. The van der Waals surface area contributed by atoms with Crippen LogP contribution in [0.2, 0.25) is 0 Å². The Labute approximate surface area is 305 Å². The number of esters is 2. The Morgan fingerprint density at radius 3 is 1.92 bits per heavy atom. The predicted molar refractivity (Wildman–Crippen MR) is 198 cm³/mol. The van der Waals surface area contributed by atoms with Gasteiger partial charge >= 0.3 is 18.0 Å². The molecule has 0 spiro atoms. The molecule has 0 bridgehead atoms. The van der Waals surface area contributed by atoms with E-state index in [1.54, 1.807) is 24.3 Å². The number of primary amides is 1. The SMILES string of the molecule is CC(=O)OCc1ccc(CC(=O)[C@H](CCCNC(N)=O)NC(=O)[C@@H](CC(=O)CCCCCOC(=O)C(CC(C)(C)C)CC(C)(C)C)C(C)C)cc1. The predicted octanol–water partition coefficient (Wildman–Crippen LogP) is 6.62. The minimum Gasteiger partial charge on any atom is -0.465 e. The van der Waals surface area contributed by atoms with Gasteiger partial charge in [-0.25, -0.2) is 4.79 Å². The maximum absolute atomic E-state index is 13.5. The van der Waals surface area contributed by atoms with Crippen LogP contribution in [0.25, 0.3) is 0 Å². The molecule has 1 aromatic rings. The number of carbonyl (C=O) groups excluding carboxylic acids is 6. The number of amides is 3. The quantitative estimate of drug-likeness (QED) is 0.0839. The van der Waals surface area contributed by atoms with Crippen LogP contribution in [0.4, 0.5) is 4.79 Å². The third-order valence-corrected chi connectivity index (χ3v) is 8.50. The van der Waals surface area contributed by atoms with Crippen LogP contribution in [0.15, 0.2) is 24.3 Å². The van der Waals surface area contributed by atoms with Gasteiger partial charge in [0.15, 0.2) is 5.78 Å². The second-order valence-electron chi connectivity index (χ2n) is 16.5. The van der Waals surface area contributed by atoms with E-state index in [9.17, 15) is 28.8 Å². The lowest BCUT2D eigenvalue weighted by Crippen LogP contribution is -2.46. The van der Waals surface area contributed by atoms with Crippen LogP contribution in [-0.4, -0.2) is 54.6 Å². The number of rotatable bonds is 23. The molecule has 0 fully saturated rings. The summed E-state index contributed by atoms with van der Waals surface area (Å²) < 4.78 is 10.7. The zero-order valence-electron chi connectivity index (χ0n) is 32.7. The number of nitrogens with two attached hydrogens (primary N) is 1. The van der Waals surface area contributed by atoms with E-state index >= 15 is 0 Å². The first-order chi connectivity index (χ1) is 23.7. The van der Waals surface area contributed by atoms with E-state index in [4.69, 9.17) is 15.2 Å². The summed E-state index contributed by atoms with van der Waals surface area (Å²) in [6.07, 6.45) is 4.68. The molecule has 288 valence electrons. The van der Waals surface area contributed by atoms with Crippen LogP contribution in [-0.2, 0) is 46.5 Å². The Balaban J connectivity index is 2.73. The highest BCUT2D eigenvalue weighted by atomic mass is 16.5. The lowest BCUT2D eigenvalue weighted by Gasteiger charge is -2.29.